The number of allylic oxidation sites excluding steroid dienone is 4. The lowest BCUT2D eigenvalue weighted by Crippen LogP contribution is -2.23. The topological polar surface area (TPSA) is 66.0 Å². The van der Waals surface area contributed by atoms with Crippen LogP contribution in [0, 0.1) is 11.3 Å². The van der Waals surface area contributed by atoms with Gasteiger partial charge in [-0.15, -0.1) is 0 Å². The van der Waals surface area contributed by atoms with E-state index in [9.17, 15) is 5.26 Å². The first-order chi connectivity index (χ1) is 14.1. The van der Waals surface area contributed by atoms with Crippen molar-refractivity contribution in [3.05, 3.63) is 77.7 Å². The molecule has 5 heteroatoms. The molecule has 29 heavy (non-hydrogen) atoms. The molecule has 1 aromatic carbocycles. The predicted molar refractivity (Wildman–Crippen MR) is 119 cm³/mol. The fraction of sp³-hybridized carbons (Fsp3) is 0.292. The van der Waals surface area contributed by atoms with Crippen LogP contribution in [0.3, 0.4) is 0 Å². The SMILES string of the molecule is C=C/C=C(C#N)\C=C1/CN=C(c2c(C(C)CC)c(-c3ccccc3)nn2CC)N1. The maximum Gasteiger partial charge on any atom is 0.151 e. The molecule has 2 aromatic rings. The molecule has 0 spiro atoms. The summed E-state index contributed by atoms with van der Waals surface area (Å²) in [5.74, 6) is 1.16. The maximum atomic E-state index is 9.27. The van der Waals surface area contributed by atoms with Gasteiger partial charge in [-0.1, -0.05) is 56.8 Å². The Balaban J connectivity index is 2.07. The summed E-state index contributed by atoms with van der Waals surface area (Å²) < 4.78 is 2.03. The second-order valence-corrected chi connectivity index (χ2v) is 7.03. The Labute approximate surface area is 172 Å². The monoisotopic (exact) mass is 385 g/mol. The lowest BCUT2D eigenvalue weighted by molar-refractivity contribution is 0.649. The van der Waals surface area contributed by atoms with Gasteiger partial charge >= 0.3 is 0 Å². The number of aryl methyl sites for hydroxylation is 1. The molecule has 1 aliphatic heterocycles. The molecule has 1 aromatic heterocycles. The summed E-state index contributed by atoms with van der Waals surface area (Å²) in [6.45, 7) is 11.5. The molecule has 3 rings (SSSR count). The molecular formula is C24H27N5. The van der Waals surface area contributed by atoms with Crippen molar-refractivity contribution in [2.45, 2.75) is 39.7 Å². The van der Waals surface area contributed by atoms with E-state index in [1.54, 1.807) is 12.2 Å². The minimum atomic E-state index is 0.341. The lowest BCUT2D eigenvalue weighted by Gasteiger charge is -2.14. The van der Waals surface area contributed by atoms with Crippen LogP contribution in [0.25, 0.3) is 11.3 Å². The third kappa shape index (κ3) is 4.22. The molecule has 1 unspecified atom stereocenters. The van der Waals surface area contributed by atoms with Crippen molar-refractivity contribution in [2.75, 3.05) is 6.54 Å². The molecule has 0 bridgehead atoms. The molecule has 0 radical (unpaired) electrons. The average molecular weight is 386 g/mol. The number of nitrogens with zero attached hydrogens (tertiary/aromatic N) is 4. The molecule has 148 valence electrons. The lowest BCUT2D eigenvalue weighted by atomic mass is 9.93. The molecule has 1 aliphatic rings. The van der Waals surface area contributed by atoms with Gasteiger partial charge in [-0.25, -0.2) is 0 Å². The Morgan fingerprint density at radius 1 is 1.34 bits per heavy atom. The third-order valence-electron chi connectivity index (χ3n) is 5.11. The van der Waals surface area contributed by atoms with E-state index in [-0.39, 0.29) is 0 Å². The maximum absolute atomic E-state index is 9.27. The molecule has 1 atom stereocenters. The number of benzene rings is 1. The quantitative estimate of drug-likeness (QED) is 0.541. The first kappa shape index (κ1) is 20.3. The Bertz CT molecular complexity index is 1020. The van der Waals surface area contributed by atoms with Crippen LogP contribution >= 0.6 is 0 Å². The van der Waals surface area contributed by atoms with Crippen molar-refractivity contribution in [2.24, 2.45) is 4.99 Å². The van der Waals surface area contributed by atoms with Gasteiger partial charge in [-0.2, -0.15) is 10.4 Å². The molecule has 5 nitrogen and oxygen atoms in total. The number of rotatable bonds is 7. The fourth-order valence-corrected chi connectivity index (χ4v) is 3.48. The normalized spacial score (nSPS) is 16.3. The molecule has 0 saturated heterocycles. The molecule has 0 aliphatic carbocycles. The Kier molecular flexibility index (Phi) is 6.46. The van der Waals surface area contributed by atoms with E-state index >= 15 is 0 Å². The molecule has 0 fully saturated rings. The summed E-state index contributed by atoms with van der Waals surface area (Å²) in [7, 11) is 0. The summed E-state index contributed by atoms with van der Waals surface area (Å²) in [5.41, 5.74) is 5.84. The standard InChI is InChI=1S/C24H27N5/c1-5-11-18(15-25)14-20-16-26-24(27-20)23-21(17(4)6-2)22(28-29(23)7-3)19-12-9-8-10-13-19/h5,8-14,17H,1,6-7,16H2,2-4H3,(H,26,27)/b18-11+,20-14+. The number of nitriles is 1. The highest BCUT2D eigenvalue weighted by atomic mass is 15.3. The largest absolute Gasteiger partial charge is 0.341 e. The van der Waals surface area contributed by atoms with Crippen molar-refractivity contribution in [3.8, 4) is 17.3 Å². The van der Waals surface area contributed by atoms with Gasteiger partial charge in [0, 0.05) is 23.4 Å². The fourth-order valence-electron chi connectivity index (χ4n) is 3.48. The molecule has 2 heterocycles. The zero-order valence-corrected chi connectivity index (χ0v) is 17.3. The van der Waals surface area contributed by atoms with Crippen LogP contribution in [-0.4, -0.2) is 22.2 Å². The van der Waals surface area contributed by atoms with Crippen LogP contribution in [0.15, 0.2) is 71.4 Å². The van der Waals surface area contributed by atoms with Crippen LogP contribution in [0.4, 0.5) is 0 Å². The zero-order chi connectivity index (χ0) is 20.8. The second-order valence-electron chi connectivity index (χ2n) is 7.03. The predicted octanol–water partition coefficient (Wildman–Crippen LogP) is 4.95. The summed E-state index contributed by atoms with van der Waals surface area (Å²) in [5, 5.41) is 17.6. The van der Waals surface area contributed by atoms with E-state index in [1.807, 2.05) is 29.0 Å². The number of nitrogens with one attached hydrogen (secondary N) is 1. The van der Waals surface area contributed by atoms with E-state index in [1.165, 1.54) is 5.56 Å². The highest BCUT2D eigenvalue weighted by molar-refractivity contribution is 6.02. The summed E-state index contributed by atoms with van der Waals surface area (Å²) in [6.07, 6.45) is 6.15. The van der Waals surface area contributed by atoms with Gasteiger partial charge in [-0.05, 0) is 31.4 Å². The first-order valence-corrected chi connectivity index (χ1v) is 10.0. The zero-order valence-electron chi connectivity index (χ0n) is 17.3. The van der Waals surface area contributed by atoms with Crippen molar-refractivity contribution in [3.63, 3.8) is 0 Å². The van der Waals surface area contributed by atoms with Gasteiger partial charge in [-0.3, -0.25) is 9.67 Å². The number of amidine groups is 1. The number of aliphatic imine (C=N–C) groups is 1. The molecule has 1 N–H and O–H groups in total. The summed E-state index contributed by atoms with van der Waals surface area (Å²) in [6, 6.07) is 12.5. The van der Waals surface area contributed by atoms with Crippen LogP contribution in [0.1, 0.15) is 44.4 Å². The second kappa shape index (κ2) is 9.20. The van der Waals surface area contributed by atoms with Crippen molar-refractivity contribution >= 4 is 5.84 Å². The van der Waals surface area contributed by atoms with Gasteiger partial charge in [0.2, 0.25) is 0 Å². The highest BCUT2D eigenvalue weighted by Gasteiger charge is 2.27. The number of hydrogen-bond acceptors (Lipinski definition) is 4. The van der Waals surface area contributed by atoms with Gasteiger partial charge < -0.3 is 5.32 Å². The molecule has 0 amide bonds. The minimum absolute atomic E-state index is 0.341. The van der Waals surface area contributed by atoms with E-state index in [2.05, 4.69) is 50.9 Å². The van der Waals surface area contributed by atoms with E-state index in [4.69, 9.17) is 10.1 Å². The van der Waals surface area contributed by atoms with Crippen LogP contribution in [-0.2, 0) is 6.54 Å². The van der Waals surface area contributed by atoms with Gasteiger partial charge in [0.05, 0.1) is 23.9 Å². The van der Waals surface area contributed by atoms with Gasteiger partial charge in [0.1, 0.15) is 5.69 Å². The van der Waals surface area contributed by atoms with Gasteiger partial charge in [0.15, 0.2) is 5.84 Å². The Hall–Kier alpha value is -3.39. The van der Waals surface area contributed by atoms with Crippen molar-refractivity contribution in [1.29, 1.82) is 5.26 Å². The van der Waals surface area contributed by atoms with E-state index < -0.39 is 0 Å². The highest BCUT2D eigenvalue weighted by Crippen LogP contribution is 2.34. The molecular weight excluding hydrogens is 358 g/mol. The first-order valence-electron chi connectivity index (χ1n) is 10.0. The summed E-state index contributed by atoms with van der Waals surface area (Å²) >= 11 is 0. The minimum Gasteiger partial charge on any atom is -0.341 e. The third-order valence-corrected chi connectivity index (χ3v) is 5.11. The van der Waals surface area contributed by atoms with E-state index in [0.29, 0.717) is 18.0 Å². The number of hydrogen-bond donors (Lipinski definition) is 1. The summed E-state index contributed by atoms with van der Waals surface area (Å²) in [4.78, 5) is 4.74. The Morgan fingerprint density at radius 3 is 2.72 bits per heavy atom. The van der Waals surface area contributed by atoms with E-state index in [0.717, 1.165) is 41.4 Å². The smallest absolute Gasteiger partial charge is 0.151 e. The van der Waals surface area contributed by atoms with Gasteiger partial charge in [0.25, 0.3) is 0 Å². The molecule has 0 saturated carbocycles. The van der Waals surface area contributed by atoms with Crippen LogP contribution in [0.5, 0.6) is 0 Å². The average Bonchev–Trinajstić information content (AvgIpc) is 3.37. The van der Waals surface area contributed by atoms with Crippen molar-refractivity contribution < 1.29 is 0 Å². The van der Waals surface area contributed by atoms with Crippen molar-refractivity contribution in [1.82, 2.24) is 15.1 Å². The van der Waals surface area contributed by atoms with Crippen LogP contribution < -0.4 is 5.32 Å². The number of aromatic nitrogens is 2. The van der Waals surface area contributed by atoms with Crippen LogP contribution in [0.2, 0.25) is 0 Å². The Morgan fingerprint density at radius 2 is 2.10 bits per heavy atom.